The summed E-state index contributed by atoms with van der Waals surface area (Å²) < 4.78 is 11.2. The monoisotopic (exact) mass is 584 g/mol. The number of hydroxylamine groups is 2. The van der Waals surface area contributed by atoms with Crippen LogP contribution in [-0.4, -0.2) is 67.8 Å². The summed E-state index contributed by atoms with van der Waals surface area (Å²) in [6, 6.07) is 16.6. The molecule has 2 aromatic carbocycles. The summed E-state index contributed by atoms with van der Waals surface area (Å²) in [5, 5.41) is 6.65. The zero-order chi connectivity index (χ0) is 31.1. The number of hydrogen-bond donors (Lipinski definition) is 3. The molecular formula is C31H44N4O7. The van der Waals surface area contributed by atoms with Crippen molar-refractivity contribution in [1.29, 1.82) is 0 Å². The Hall–Kier alpha value is -3.80. The van der Waals surface area contributed by atoms with E-state index in [0.717, 1.165) is 11.1 Å². The van der Waals surface area contributed by atoms with Crippen LogP contribution >= 0.6 is 0 Å². The number of ketones is 1. The fourth-order valence-corrected chi connectivity index (χ4v) is 4.19. The number of hydrogen-bond acceptors (Lipinski definition) is 8. The molecule has 42 heavy (non-hydrogen) atoms. The first kappa shape index (κ1) is 34.4. The molecule has 0 saturated carbocycles. The fourth-order valence-electron chi connectivity index (χ4n) is 4.19. The Morgan fingerprint density at radius 1 is 0.905 bits per heavy atom. The van der Waals surface area contributed by atoms with Crippen molar-refractivity contribution in [2.24, 2.45) is 17.6 Å². The molecule has 11 heteroatoms. The average molecular weight is 585 g/mol. The fraction of sp³-hybridized carbons (Fsp3) is 0.484. The molecule has 2 unspecified atom stereocenters. The molecule has 0 spiro atoms. The number of nitrogens with zero attached hydrogens (tertiary/aromatic N) is 1. The minimum absolute atomic E-state index is 0.0142. The van der Waals surface area contributed by atoms with Gasteiger partial charge in [-0.1, -0.05) is 81.4 Å². The van der Waals surface area contributed by atoms with Gasteiger partial charge in [0.2, 0.25) is 11.8 Å². The Kier molecular flexibility index (Phi) is 14.7. The normalized spacial score (nSPS) is 14.1. The maximum atomic E-state index is 13.5. The third-order valence-corrected chi connectivity index (χ3v) is 6.50. The van der Waals surface area contributed by atoms with E-state index in [2.05, 4.69) is 10.6 Å². The van der Waals surface area contributed by atoms with Gasteiger partial charge in [0.05, 0.1) is 13.7 Å². The number of amides is 3. The van der Waals surface area contributed by atoms with Crippen molar-refractivity contribution in [3.63, 3.8) is 0 Å². The summed E-state index contributed by atoms with van der Waals surface area (Å²) in [5.41, 5.74) is 7.12. The second kappa shape index (κ2) is 17.9. The standard InChI is InChI=1S/C31H44N4O7/c1-21(2)19-41-30(27(36)17-22(3)16-26(28(32)37)35(4)40-5)34-29(38)25(18-23-12-8-6-9-13-23)33-31(39)42-20-24-14-10-7-11-15-24/h6-15,21-22,25-26,30H,16-20H2,1-5H3,(H2,32,37)(H,33,39)(H,34,38)/t22?,25-,26-,30?/m0/s1. The molecular weight excluding hydrogens is 540 g/mol. The summed E-state index contributed by atoms with van der Waals surface area (Å²) in [5.74, 6) is -1.73. The summed E-state index contributed by atoms with van der Waals surface area (Å²) in [4.78, 5) is 56.5. The predicted molar refractivity (Wildman–Crippen MR) is 158 cm³/mol. The number of nitrogens with two attached hydrogens (primary N) is 1. The quantitative estimate of drug-likeness (QED) is 0.179. The smallest absolute Gasteiger partial charge is 0.408 e. The van der Waals surface area contributed by atoms with Crippen LogP contribution in [0.1, 0.15) is 44.7 Å². The van der Waals surface area contributed by atoms with Gasteiger partial charge in [0.25, 0.3) is 0 Å². The lowest BCUT2D eigenvalue weighted by Gasteiger charge is -2.27. The zero-order valence-electron chi connectivity index (χ0n) is 25.1. The topological polar surface area (TPSA) is 149 Å². The third kappa shape index (κ3) is 12.4. The molecule has 4 atom stereocenters. The van der Waals surface area contributed by atoms with Crippen LogP contribution in [0.3, 0.4) is 0 Å². The van der Waals surface area contributed by atoms with E-state index in [1.165, 1.54) is 12.2 Å². The molecule has 0 saturated heterocycles. The molecule has 0 radical (unpaired) electrons. The summed E-state index contributed by atoms with van der Waals surface area (Å²) in [7, 11) is 3.01. The second-order valence-electron chi connectivity index (χ2n) is 10.7. The van der Waals surface area contributed by atoms with E-state index in [0.29, 0.717) is 0 Å². The first-order chi connectivity index (χ1) is 20.0. The molecule has 0 aliphatic carbocycles. The van der Waals surface area contributed by atoms with Crippen molar-refractivity contribution in [3.05, 3.63) is 71.8 Å². The van der Waals surface area contributed by atoms with Crippen molar-refractivity contribution in [2.45, 2.75) is 65.0 Å². The maximum absolute atomic E-state index is 13.5. The first-order valence-electron chi connectivity index (χ1n) is 14.0. The largest absolute Gasteiger partial charge is 0.445 e. The molecule has 3 amide bonds. The van der Waals surface area contributed by atoms with Crippen molar-refractivity contribution in [1.82, 2.24) is 15.7 Å². The van der Waals surface area contributed by atoms with Gasteiger partial charge < -0.3 is 30.7 Å². The summed E-state index contributed by atoms with van der Waals surface area (Å²) in [6.07, 6.45) is -1.58. The van der Waals surface area contributed by atoms with Crippen molar-refractivity contribution in [3.8, 4) is 0 Å². The van der Waals surface area contributed by atoms with Crippen LogP contribution in [0, 0.1) is 11.8 Å². The SMILES string of the molecule is CON(C)[C@@H](CC(C)CC(=O)C(NC(=O)[C@H](Cc1ccccc1)NC(=O)OCc1ccccc1)OCC(C)C)C(N)=O. The molecule has 11 nitrogen and oxygen atoms in total. The lowest BCUT2D eigenvalue weighted by atomic mass is 9.95. The highest BCUT2D eigenvalue weighted by molar-refractivity contribution is 5.91. The van der Waals surface area contributed by atoms with Crippen LogP contribution in [-0.2, 0) is 41.7 Å². The van der Waals surface area contributed by atoms with Crippen molar-refractivity contribution < 1.29 is 33.5 Å². The number of likely N-dealkylation sites (N-methyl/N-ethyl adjacent to an activating group) is 1. The number of primary amides is 1. The predicted octanol–water partition coefficient (Wildman–Crippen LogP) is 2.97. The third-order valence-electron chi connectivity index (χ3n) is 6.50. The first-order valence-corrected chi connectivity index (χ1v) is 14.0. The Bertz CT molecular complexity index is 1130. The number of Topliss-reactive ketones (excluding diaryl/α,β-unsaturated/α-hetero) is 1. The van der Waals surface area contributed by atoms with Gasteiger partial charge in [-0.2, -0.15) is 5.06 Å². The Labute approximate surface area is 248 Å². The van der Waals surface area contributed by atoms with Gasteiger partial charge in [0.15, 0.2) is 12.0 Å². The molecule has 230 valence electrons. The van der Waals surface area contributed by atoms with Gasteiger partial charge in [0.1, 0.15) is 18.7 Å². The van der Waals surface area contributed by atoms with Gasteiger partial charge in [-0.3, -0.25) is 14.4 Å². The lowest BCUT2D eigenvalue weighted by molar-refractivity contribution is -0.161. The lowest BCUT2D eigenvalue weighted by Crippen LogP contribution is -2.53. The van der Waals surface area contributed by atoms with Gasteiger partial charge in [-0.05, 0) is 29.4 Å². The molecule has 0 heterocycles. The Balaban J connectivity index is 2.15. The molecule has 0 aromatic heterocycles. The van der Waals surface area contributed by atoms with E-state index in [1.54, 1.807) is 14.0 Å². The van der Waals surface area contributed by atoms with E-state index in [4.69, 9.17) is 20.0 Å². The van der Waals surface area contributed by atoms with Crippen LogP contribution in [0.15, 0.2) is 60.7 Å². The van der Waals surface area contributed by atoms with Gasteiger partial charge >= 0.3 is 6.09 Å². The summed E-state index contributed by atoms with van der Waals surface area (Å²) >= 11 is 0. The number of alkyl carbamates (subject to hydrolysis) is 1. The Morgan fingerprint density at radius 3 is 2.05 bits per heavy atom. The van der Waals surface area contributed by atoms with E-state index in [-0.39, 0.29) is 50.1 Å². The average Bonchev–Trinajstić information content (AvgIpc) is 2.96. The van der Waals surface area contributed by atoms with Crippen LogP contribution in [0.5, 0.6) is 0 Å². The highest BCUT2D eigenvalue weighted by Gasteiger charge is 2.30. The number of carbonyl (C=O) groups excluding carboxylic acids is 4. The molecule has 4 N–H and O–H groups in total. The van der Waals surface area contributed by atoms with E-state index in [1.807, 2.05) is 74.5 Å². The van der Waals surface area contributed by atoms with E-state index < -0.39 is 36.2 Å². The van der Waals surface area contributed by atoms with Crippen LogP contribution in [0.4, 0.5) is 4.79 Å². The molecule has 2 aromatic rings. The number of benzene rings is 2. The zero-order valence-corrected chi connectivity index (χ0v) is 25.1. The number of nitrogens with one attached hydrogen (secondary N) is 2. The minimum Gasteiger partial charge on any atom is -0.445 e. The minimum atomic E-state index is -1.25. The maximum Gasteiger partial charge on any atom is 0.408 e. The van der Waals surface area contributed by atoms with Crippen molar-refractivity contribution in [2.75, 3.05) is 20.8 Å². The van der Waals surface area contributed by atoms with Crippen LogP contribution < -0.4 is 16.4 Å². The molecule has 0 aliphatic rings. The second-order valence-corrected chi connectivity index (χ2v) is 10.7. The number of rotatable bonds is 18. The number of carbonyl (C=O) groups is 4. The van der Waals surface area contributed by atoms with E-state index >= 15 is 0 Å². The van der Waals surface area contributed by atoms with Gasteiger partial charge in [0, 0.05) is 19.9 Å². The highest BCUT2D eigenvalue weighted by Crippen LogP contribution is 2.17. The molecule has 0 aliphatic heterocycles. The molecule has 2 rings (SSSR count). The van der Waals surface area contributed by atoms with Crippen LogP contribution in [0.2, 0.25) is 0 Å². The van der Waals surface area contributed by atoms with Gasteiger partial charge in [-0.15, -0.1) is 0 Å². The van der Waals surface area contributed by atoms with Gasteiger partial charge in [-0.25, -0.2) is 4.79 Å². The molecule has 0 bridgehead atoms. The van der Waals surface area contributed by atoms with Crippen molar-refractivity contribution >= 4 is 23.7 Å². The highest BCUT2D eigenvalue weighted by atomic mass is 16.7. The molecule has 0 fully saturated rings. The van der Waals surface area contributed by atoms with Crippen LogP contribution in [0.25, 0.3) is 0 Å². The number of ether oxygens (including phenoxy) is 2. The Morgan fingerprint density at radius 2 is 1.50 bits per heavy atom. The van der Waals surface area contributed by atoms with E-state index in [9.17, 15) is 19.2 Å². The summed E-state index contributed by atoms with van der Waals surface area (Å²) in [6.45, 7) is 5.91.